The van der Waals surface area contributed by atoms with Crippen LogP contribution in [0.2, 0.25) is 10.0 Å². The summed E-state index contributed by atoms with van der Waals surface area (Å²) in [6, 6.07) is 9.46. The molecule has 0 fully saturated rings. The number of ether oxygens (including phenoxy) is 1. The number of sulfone groups is 1. The van der Waals surface area contributed by atoms with Crippen LogP contribution < -0.4 is 4.74 Å². The first-order valence-corrected chi connectivity index (χ1v) is 11.2. The molecule has 0 atom stereocenters. The Balaban J connectivity index is 1.70. The smallest absolute Gasteiger partial charge is 0.184 e. The molecular formula is C20H16Cl2N4O3S. The van der Waals surface area contributed by atoms with Gasteiger partial charge in [-0.1, -0.05) is 35.3 Å². The molecule has 0 unspecified atom stereocenters. The van der Waals surface area contributed by atoms with Gasteiger partial charge in [-0.2, -0.15) is 5.10 Å². The maximum atomic E-state index is 12.9. The van der Waals surface area contributed by atoms with E-state index in [4.69, 9.17) is 27.9 Å². The van der Waals surface area contributed by atoms with Crippen LogP contribution in [0.3, 0.4) is 0 Å². The second-order valence-corrected chi connectivity index (χ2v) is 9.44. The largest absolute Gasteiger partial charge is 0.496 e. The van der Waals surface area contributed by atoms with Crippen LogP contribution in [-0.2, 0) is 15.6 Å². The Morgan fingerprint density at radius 1 is 1.13 bits per heavy atom. The fourth-order valence-corrected chi connectivity index (χ4v) is 5.24. The molecule has 0 spiro atoms. The van der Waals surface area contributed by atoms with Crippen molar-refractivity contribution in [3.63, 3.8) is 0 Å². The van der Waals surface area contributed by atoms with Crippen LogP contribution in [-0.4, -0.2) is 35.7 Å². The highest BCUT2D eigenvalue weighted by atomic mass is 35.5. The van der Waals surface area contributed by atoms with Crippen molar-refractivity contribution in [2.75, 3.05) is 7.11 Å². The quantitative estimate of drug-likeness (QED) is 0.464. The third kappa shape index (κ3) is 3.86. The van der Waals surface area contributed by atoms with E-state index in [0.29, 0.717) is 33.4 Å². The number of H-pyrrole nitrogens is 1. The van der Waals surface area contributed by atoms with Crippen LogP contribution in [0.15, 0.2) is 47.5 Å². The summed E-state index contributed by atoms with van der Waals surface area (Å²) >= 11 is 12.0. The van der Waals surface area contributed by atoms with Gasteiger partial charge in [-0.05, 0) is 31.2 Å². The van der Waals surface area contributed by atoms with E-state index in [1.54, 1.807) is 24.4 Å². The summed E-state index contributed by atoms with van der Waals surface area (Å²) in [5, 5.41) is 8.27. The minimum atomic E-state index is -3.74. The topological polar surface area (TPSA) is 97.8 Å². The highest BCUT2D eigenvalue weighted by Crippen LogP contribution is 2.32. The molecule has 1 N–H and O–H groups in total. The van der Waals surface area contributed by atoms with Crippen molar-refractivity contribution in [3.05, 3.63) is 63.9 Å². The minimum absolute atomic E-state index is 0.0227. The average Bonchev–Trinajstić information content (AvgIpc) is 3.10. The normalized spacial score (nSPS) is 11.7. The lowest BCUT2D eigenvalue weighted by Gasteiger charge is -2.12. The number of fused-ring (bicyclic) bond motifs is 1. The van der Waals surface area contributed by atoms with Gasteiger partial charge in [0.05, 0.1) is 28.2 Å². The van der Waals surface area contributed by atoms with Gasteiger partial charge in [0.15, 0.2) is 21.3 Å². The fourth-order valence-electron chi connectivity index (χ4n) is 3.06. The zero-order chi connectivity index (χ0) is 21.5. The lowest BCUT2D eigenvalue weighted by molar-refractivity contribution is 0.411. The molecule has 0 saturated carbocycles. The standard InChI is InChI=1S/C20H16Cl2N4O3S/c1-11-15-9-23-19(24-20(15)26-25-11)12-3-4-13(17(7-12)29-2)10-30(27,28)18-8-14(21)5-6-16(18)22/h3-9H,10H2,1-2H3,(H,23,24,25,26). The summed E-state index contributed by atoms with van der Waals surface area (Å²) in [4.78, 5) is 8.81. The van der Waals surface area contributed by atoms with Crippen molar-refractivity contribution in [1.82, 2.24) is 20.2 Å². The van der Waals surface area contributed by atoms with Crippen LogP contribution in [0.5, 0.6) is 5.75 Å². The number of halogens is 2. The summed E-state index contributed by atoms with van der Waals surface area (Å²) in [7, 11) is -2.27. The molecular weight excluding hydrogens is 447 g/mol. The number of nitrogens with zero attached hydrogens (tertiary/aromatic N) is 3. The lowest BCUT2D eigenvalue weighted by Crippen LogP contribution is -2.07. The molecule has 154 valence electrons. The zero-order valence-electron chi connectivity index (χ0n) is 16.0. The van der Waals surface area contributed by atoms with E-state index in [9.17, 15) is 8.42 Å². The van der Waals surface area contributed by atoms with E-state index in [0.717, 1.165) is 11.1 Å². The van der Waals surface area contributed by atoms with E-state index in [2.05, 4.69) is 20.2 Å². The zero-order valence-corrected chi connectivity index (χ0v) is 18.3. The van der Waals surface area contributed by atoms with Gasteiger partial charge in [-0.3, -0.25) is 5.10 Å². The van der Waals surface area contributed by atoms with Crippen LogP contribution in [0, 0.1) is 6.92 Å². The van der Waals surface area contributed by atoms with E-state index < -0.39 is 9.84 Å². The second-order valence-electron chi connectivity index (χ2n) is 6.64. The van der Waals surface area contributed by atoms with Crippen LogP contribution >= 0.6 is 23.2 Å². The Hall–Kier alpha value is -2.68. The number of benzene rings is 2. The molecule has 0 amide bonds. The van der Waals surface area contributed by atoms with E-state index in [1.807, 2.05) is 6.92 Å². The van der Waals surface area contributed by atoms with Gasteiger partial charge in [0.25, 0.3) is 0 Å². The lowest BCUT2D eigenvalue weighted by atomic mass is 10.1. The molecule has 30 heavy (non-hydrogen) atoms. The molecule has 0 bridgehead atoms. The number of aromatic amines is 1. The number of methoxy groups -OCH3 is 1. The number of hydrogen-bond acceptors (Lipinski definition) is 6. The molecule has 0 aliphatic rings. The third-order valence-corrected chi connectivity index (χ3v) is 7.00. The summed E-state index contributed by atoms with van der Waals surface area (Å²) in [5.74, 6) is 0.560. The minimum Gasteiger partial charge on any atom is -0.496 e. The number of hydrogen-bond donors (Lipinski definition) is 1. The Morgan fingerprint density at radius 2 is 1.93 bits per heavy atom. The Labute approximate surface area is 183 Å². The first-order valence-electron chi connectivity index (χ1n) is 8.81. The molecule has 2 aromatic carbocycles. The van der Waals surface area contributed by atoms with Crippen LogP contribution in [0.25, 0.3) is 22.4 Å². The molecule has 10 heteroatoms. The van der Waals surface area contributed by atoms with Crippen molar-refractivity contribution in [1.29, 1.82) is 0 Å². The van der Waals surface area contributed by atoms with E-state index in [-0.39, 0.29) is 15.7 Å². The summed E-state index contributed by atoms with van der Waals surface area (Å²) in [5.41, 5.74) is 2.60. The van der Waals surface area contributed by atoms with Crippen LogP contribution in [0.1, 0.15) is 11.3 Å². The molecule has 7 nitrogen and oxygen atoms in total. The molecule has 4 aromatic rings. The SMILES string of the molecule is COc1cc(-c2ncc3c(C)[nH]nc3n2)ccc1CS(=O)(=O)c1cc(Cl)ccc1Cl. The maximum Gasteiger partial charge on any atom is 0.184 e. The second kappa shape index (κ2) is 7.86. The highest BCUT2D eigenvalue weighted by Gasteiger charge is 2.22. The van der Waals surface area contributed by atoms with Gasteiger partial charge < -0.3 is 4.74 Å². The Morgan fingerprint density at radius 3 is 2.70 bits per heavy atom. The van der Waals surface area contributed by atoms with Gasteiger partial charge in [0.1, 0.15) is 5.75 Å². The number of aryl methyl sites for hydroxylation is 1. The molecule has 2 heterocycles. The first kappa shape index (κ1) is 20.6. The van der Waals surface area contributed by atoms with Crippen molar-refractivity contribution < 1.29 is 13.2 Å². The fraction of sp³-hybridized carbons (Fsp3) is 0.150. The summed E-state index contributed by atoms with van der Waals surface area (Å²) in [6.45, 7) is 1.89. The van der Waals surface area contributed by atoms with Crippen molar-refractivity contribution >= 4 is 44.1 Å². The molecule has 0 saturated heterocycles. The van der Waals surface area contributed by atoms with E-state index in [1.165, 1.54) is 25.3 Å². The van der Waals surface area contributed by atoms with Gasteiger partial charge in [-0.15, -0.1) is 0 Å². The Kier molecular flexibility index (Phi) is 5.40. The van der Waals surface area contributed by atoms with Crippen LogP contribution in [0.4, 0.5) is 0 Å². The van der Waals surface area contributed by atoms with Crippen molar-refractivity contribution in [2.45, 2.75) is 17.6 Å². The summed E-state index contributed by atoms with van der Waals surface area (Å²) < 4.78 is 31.3. The molecule has 0 aliphatic heterocycles. The molecule has 0 aliphatic carbocycles. The average molecular weight is 463 g/mol. The highest BCUT2D eigenvalue weighted by molar-refractivity contribution is 7.90. The van der Waals surface area contributed by atoms with E-state index >= 15 is 0 Å². The first-order chi connectivity index (χ1) is 14.3. The van der Waals surface area contributed by atoms with Gasteiger partial charge >= 0.3 is 0 Å². The number of aromatic nitrogens is 4. The monoisotopic (exact) mass is 462 g/mol. The molecule has 2 aromatic heterocycles. The molecule has 0 radical (unpaired) electrons. The van der Waals surface area contributed by atoms with Gasteiger partial charge in [-0.25, -0.2) is 18.4 Å². The van der Waals surface area contributed by atoms with Gasteiger partial charge in [0, 0.05) is 28.0 Å². The maximum absolute atomic E-state index is 12.9. The molecule has 4 rings (SSSR count). The number of rotatable bonds is 5. The Bertz CT molecular complexity index is 1370. The van der Waals surface area contributed by atoms with Crippen molar-refractivity contribution in [2.24, 2.45) is 0 Å². The summed E-state index contributed by atoms with van der Waals surface area (Å²) in [6.07, 6.45) is 1.70. The predicted octanol–water partition coefficient (Wildman–Crippen LogP) is 4.62. The predicted molar refractivity (Wildman–Crippen MR) is 116 cm³/mol. The third-order valence-electron chi connectivity index (χ3n) is 4.62. The van der Waals surface area contributed by atoms with Crippen molar-refractivity contribution in [3.8, 4) is 17.1 Å². The van der Waals surface area contributed by atoms with Gasteiger partial charge in [0.2, 0.25) is 0 Å². The number of nitrogens with one attached hydrogen (secondary N) is 1.